The Morgan fingerprint density at radius 2 is 2.03 bits per heavy atom. The van der Waals surface area contributed by atoms with Gasteiger partial charge in [-0.3, -0.25) is 4.90 Å². The first-order chi connectivity index (χ1) is 17.5. The molecule has 1 N–H and O–H groups in total. The van der Waals surface area contributed by atoms with Gasteiger partial charge in [0.2, 0.25) is 0 Å². The number of aryl methyl sites for hydroxylation is 2. The van der Waals surface area contributed by atoms with Crippen molar-refractivity contribution in [3.05, 3.63) is 71.8 Å². The molecule has 2 heterocycles. The minimum Gasteiger partial charge on any atom is -0.493 e. The lowest BCUT2D eigenvalue weighted by molar-refractivity contribution is -0.0646. The van der Waals surface area contributed by atoms with E-state index in [0.717, 1.165) is 35.7 Å². The molecule has 0 spiro atoms. The molecule has 0 aliphatic carbocycles. The molecule has 8 heteroatoms. The Kier molecular flexibility index (Phi) is 8.85. The van der Waals surface area contributed by atoms with E-state index in [9.17, 15) is 5.11 Å². The van der Waals surface area contributed by atoms with Gasteiger partial charge < -0.3 is 28.6 Å². The normalized spacial score (nSPS) is 18.6. The zero-order valence-corrected chi connectivity index (χ0v) is 21.5. The van der Waals surface area contributed by atoms with Crippen molar-refractivity contribution < 1.29 is 24.1 Å². The van der Waals surface area contributed by atoms with E-state index in [4.69, 9.17) is 18.9 Å². The highest BCUT2D eigenvalue weighted by Gasteiger charge is 2.33. The third-order valence-electron chi connectivity index (χ3n) is 6.28. The first-order valence-electron chi connectivity index (χ1n) is 12.5. The molecule has 1 atom stereocenters. The Bertz CT molecular complexity index is 1120. The number of ether oxygens (including phenoxy) is 4. The molecule has 0 unspecified atom stereocenters. The molecular weight excluding hydrogens is 458 g/mol. The summed E-state index contributed by atoms with van der Waals surface area (Å²) in [6.45, 7) is 8.11. The van der Waals surface area contributed by atoms with Crippen molar-refractivity contribution in [2.24, 2.45) is 0 Å². The standard InChI is InChI=1S/C28H37N3O5/c1-4-27-29-10-11-31(27)13-15-35-26-17-23(8-9-25(26)33-3)18-30-12-14-34-20-28(32,19-30)21-36-24-7-5-6-22(2)16-24/h5-11,16-17,32H,4,12-15,18-21H2,1-3H3/t28-/m1/s1. The Hall–Kier alpha value is -3.07. The van der Waals surface area contributed by atoms with Gasteiger partial charge in [0.05, 0.1) is 26.9 Å². The van der Waals surface area contributed by atoms with Gasteiger partial charge in [0.1, 0.15) is 30.4 Å². The van der Waals surface area contributed by atoms with Gasteiger partial charge in [-0.05, 0) is 42.3 Å². The van der Waals surface area contributed by atoms with E-state index < -0.39 is 5.60 Å². The van der Waals surface area contributed by atoms with Crippen molar-refractivity contribution in [3.63, 3.8) is 0 Å². The molecule has 0 bridgehead atoms. The second-order valence-electron chi connectivity index (χ2n) is 9.32. The SMILES string of the molecule is CCc1nccn1CCOc1cc(CN2CCOC[C@@](O)(COc3cccc(C)c3)C2)ccc1OC. The monoisotopic (exact) mass is 495 g/mol. The van der Waals surface area contributed by atoms with Crippen LogP contribution >= 0.6 is 0 Å². The predicted octanol–water partition coefficient (Wildman–Crippen LogP) is 3.48. The Morgan fingerprint density at radius 1 is 1.14 bits per heavy atom. The van der Waals surface area contributed by atoms with Gasteiger partial charge in [-0.25, -0.2) is 4.98 Å². The van der Waals surface area contributed by atoms with E-state index in [-0.39, 0.29) is 13.2 Å². The van der Waals surface area contributed by atoms with Crippen LogP contribution in [0.5, 0.6) is 17.2 Å². The maximum absolute atomic E-state index is 11.3. The number of β-amino-alcohol motifs (C(OH)–C–C–N with tert-alkyl or cyclic N) is 1. The maximum atomic E-state index is 11.3. The lowest BCUT2D eigenvalue weighted by Crippen LogP contribution is -2.48. The maximum Gasteiger partial charge on any atom is 0.161 e. The van der Waals surface area contributed by atoms with E-state index in [1.54, 1.807) is 7.11 Å². The first-order valence-corrected chi connectivity index (χ1v) is 12.5. The summed E-state index contributed by atoms with van der Waals surface area (Å²) in [6, 6.07) is 13.8. The predicted molar refractivity (Wildman–Crippen MR) is 138 cm³/mol. The number of aromatic nitrogens is 2. The summed E-state index contributed by atoms with van der Waals surface area (Å²) in [4.78, 5) is 6.56. The van der Waals surface area contributed by atoms with E-state index >= 15 is 0 Å². The van der Waals surface area contributed by atoms with Gasteiger partial charge in [0, 0.05) is 38.4 Å². The van der Waals surface area contributed by atoms with Crippen molar-refractivity contribution in [2.45, 2.75) is 39.0 Å². The zero-order chi connectivity index (χ0) is 25.4. The Labute approximate surface area is 213 Å². The molecule has 1 aromatic heterocycles. The van der Waals surface area contributed by atoms with Crippen LogP contribution in [-0.4, -0.2) is 71.8 Å². The zero-order valence-electron chi connectivity index (χ0n) is 21.5. The van der Waals surface area contributed by atoms with Crippen LogP contribution in [0.2, 0.25) is 0 Å². The molecule has 4 rings (SSSR count). The summed E-state index contributed by atoms with van der Waals surface area (Å²) in [5.74, 6) is 3.19. The fourth-order valence-corrected chi connectivity index (χ4v) is 4.44. The van der Waals surface area contributed by atoms with Crippen molar-refractivity contribution in [1.82, 2.24) is 14.5 Å². The Morgan fingerprint density at radius 3 is 2.83 bits per heavy atom. The molecule has 2 aromatic carbocycles. The summed E-state index contributed by atoms with van der Waals surface area (Å²) < 4.78 is 25.4. The third kappa shape index (κ3) is 7.00. The second kappa shape index (κ2) is 12.3. The molecule has 1 fully saturated rings. The molecular formula is C28H37N3O5. The summed E-state index contributed by atoms with van der Waals surface area (Å²) in [6.07, 6.45) is 4.67. The number of imidazole rings is 1. The second-order valence-corrected chi connectivity index (χ2v) is 9.32. The van der Waals surface area contributed by atoms with Crippen LogP contribution in [0.25, 0.3) is 0 Å². The molecule has 0 amide bonds. The molecule has 36 heavy (non-hydrogen) atoms. The molecule has 0 saturated carbocycles. The molecule has 194 valence electrons. The van der Waals surface area contributed by atoms with Crippen molar-refractivity contribution in [1.29, 1.82) is 0 Å². The number of hydrogen-bond acceptors (Lipinski definition) is 7. The minimum absolute atomic E-state index is 0.165. The summed E-state index contributed by atoms with van der Waals surface area (Å²) in [5, 5.41) is 11.3. The van der Waals surface area contributed by atoms with Crippen LogP contribution < -0.4 is 14.2 Å². The third-order valence-corrected chi connectivity index (χ3v) is 6.28. The number of rotatable bonds is 11. The molecule has 1 aliphatic heterocycles. The lowest BCUT2D eigenvalue weighted by atomic mass is 10.1. The minimum atomic E-state index is -1.10. The van der Waals surface area contributed by atoms with Gasteiger partial charge in [-0.1, -0.05) is 25.1 Å². The topological polar surface area (TPSA) is 78.2 Å². The lowest BCUT2D eigenvalue weighted by Gasteiger charge is -2.30. The van der Waals surface area contributed by atoms with E-state index in [0.29, 0.717) is 44.3 Å². The molecule has 8 nitrogen and oxygen atoms in total. The largest absolute Gasteiger partial charge is 0.493 e. The molecule has 1 saturated heterocycles. The smallest absolute Gasteiger partial charge is 0.161 e. The van der Waals surface area contributed by atoms with Crippen molar-refractivity contribution in [2.75, 3.05) is 46.6 Å². The number of benzene rings is 2. The van der Waals surface area contributed by atoms with Crippen LogP contribution in [0.1, 0.15) is 23.9 Å². The van der Waals surface area contributed by atoms with Gasteiger partial charge in [-0.2, -0.15) is 0 Å². The highest BCUT2D eigenvalue weighted by Crippen LogP contribution is 2.29. The first kappa shape index (κ1) is 26.0. The van der Waals surface area contributed by atoms with Gasteiger partial charge in [0.25, 0.3) is 0 Å². The average Bonchev–Trinajstić information content (AvgIpc) is 3.25. The fraction of sp³-hybridized carbons (Fsp3) is 0.464. The van der Waals surface area contributed by atoms with Crippen molar-refractivity contribution >= 4 is 0 Å². The van der Waals surface area contributed by atoms with Crippen LogP contribution in [0.15, 0.2) is 54.9 Å². The molecule has 3 aromatic rings. The van der Waals surface area contributed by atoms with Gasteiger partial charge in [0.15, 0.2) is 11.5 Å². The molecule has 1 aliphatic rings. The van der Waals surface area contributed by atoms with Crippen LogP contribution in [-0.2, 0) is 24.2 Å². The average molecular weight is 496 g/mol. The van der Waals surface area contributed by atoms with E-state index in [1.165, 1.54) is 0 Å². The number of nitrogens with zero attached hydrogens (tertiary/aromatic N) is 3. The Balaban J connectivity index is 1.38. The number of hydrogen-bond donors (Lipinski definition) is 1. The summed E-state index contributed by atoms with van der Waals surface area (Å²) >= 11 is 0. The van der Waals surface area contributed by atoms with Crippen molar-refractivity contribution in [3.8, 4) is 17.2 Å². The molecule has 0 radical (unpaired) electrons. The quantitative estimate of drug-likeness (QED) is 0.436. The fourth-order valence-electron chi connectivity index (χ4n) is 4.44. The van der Waals surface area contributed by atoms with Crippen LogP contribution in [0, 0.1) is 6.92 Å². The van der Waals surface area contributed by atoms with Gasteiger partial charge >= 0.3 is 0 Å². The van der Waals surface area contributed by atoms with E-state index in [2.05, 4.69) is 21.4 Å². The summed E-state index contributed by atoms with van der Waals surface area (Å²) in [5.41, 5.74) is 1.09. The highest BCUT2D eigenvalue weighted by molar-refractivity contribution is 5.43. The summed E-state index contributed by atoms with van der Waals surface area (Å²) in [7, 11) is 1.65. The van der Waals surface area contributed by atoms with Gasteiger partial charge in [-0.15, -0.1) is 0 Å². The number of methoxy groups -OCH3 is 1. The number of aliphatic hydroxyl groups is 1. The van der Waals surface area contributed by atoms with Crippen LogP contribution in [0.4, 0.5) is 0 Å². The van der Waals surface area contributed by atoms with E-state index in [1.807, 2.05) is 61.8 Å². The van der Waals surface area contributed by atoms with Crippen LogP contribution in [0.3, 0.4) is 0 Å². The highest BCUT2D eigenvalue weighted by atomic mass is 16.5.